The van der Waals surface area contributed by atoms with Gasteiger partial charge in [-0.15, -0.1) is 0 Å². The average molecular weight is 590 g/mol. The fourth-order valence-electron chi connectivity index (χ4n) is 4.71. The van der Waals surface area contributed by atoms with Crippen LogP contribution in [0.25, 0.3) is 0 Å². The number of piperazine rings is 1. The van der Waals surface area contributed by atoms with Gasteiger partial charge in [-0.05, 0) is 75.2 Å². The summed E-state index contributed by atoms with van der Waals surface area (Å²) < 4.78 is 69.6. The minimum Gasteiger partial charge on any atom is -0.369 e. The third-order valence-electron chi connectivity index (χ3n) is 7.36. The molecule has 13 heteroatoms. The Balaban J connectivity index is 1.37. The van der Waals surface area contributed by atoms with Crippen molar-refractivity contribution < 1.29 is 21.6 Å². The molecule has 2 aliphatic rings. The molecule has 0 unspecified atom stereocenters. The van der Waals surface area contributed by atoms with Crippen molar-refractivity contribution in [3.8, 4) is 0 Å². The van der Waals surface area contributed by atoms with E-state index in [-0.39, 0.29) is 16.9 Å². The van der Waals surface area contributed by atoms with Gasteiger partial charge in [0.05, 0.1) is 16.5 Å². The number of nitrogens with one attached hydrogen (secondary N) is 3. The zero-order chi connectivity index (χ0) is 29.4. The van der Waals surface area contributed by atoms with Crippen LogP contribution in [-0.4, -0.2) is 61.8 Å². The predicted molar refractivity (Wildman–Crippen MR) is 156 cm³/mol. The molecule has 9 nitrogen and oxygen atoms in total. The van der Waals surface area contributed by atoms with Crippen LogP contribution in [0, 0.1) is 6.92 Å². The molecule has 1 aromatic heterocycles. The van der Waals surface area contributed by atoms with E-state index in [0.717, 1.165) is 18.7 Å². The van der Waals surface area contributed by atoms with Gasteiger partial charge >= 0.3 is 6.18 Å². The highest BCUT2D eigenvalue weighted by atomic mass is 32.2. The standard InChI is InChI=1S/C28H34F3N7O2S/c1-4-19-15-20(36-41(39,40)22-7-8-22)5-9-24(19)33-26-18(2)17-32-27(35-26)34-25-10-6-21(16-23(25)28(29,30)31)38-13-11-37(3)12-14-38/h5-6,9-10,15-17,22,36H,4,7-8,11-14H2,1-3H3,(H2,32,33,34,35). The number of nitrogens with zero attached hydrogens (tertiary/aromatic N) is 4. The third-order valence-corrected chi connectivity index (χ3v) is 9.23. The monoisotopic (exact) mass is 589 g/mol. The lowest BCUT2D eigenvalue weighted by atomic mass is 10.1. The number of aromatic nitrogens is 2. The molecule has 220 valence electrons. The second-order valence-electron chi connectivity index (χ2n) is 10.6. The van der Waals surface area contributed by atoms with Crippen LogP contribution in [-0.2, 0) is 22.6 Å². The summed E-state index contributed by atoms with van der Waals surface area (Å²) in [5.41, 5.74) is 2.35. The molecule has 1 saturated heterocycles. The molecule has 0 radical (unpaired) electrons. The van der Waals surface area contributed by atoms with Crippen molar-refractivity contribution in [2.75, 3.05) is 53.5 Å². The van der Waals surface area contributed by atoms with E-state index in [4.69, 9.17) is 0 Å². The molecule has 0 bridgehead atoms. The van der Waals surface area contributed by atoms with Crippen LogP contribution in [0.4, 0.5) is 47.7 Å². The van der Waals surface area contributed by atoms with Gasteiger partial charge < -0.3 is 20.4 Å². The summed E-state index contributed by atoms with van der Waals surface area (Å²) in [7, 11) is -1.39. The summed E-state index contributed by atoms with van der Waals surface area (Å²) in [6.45, 7) is 6.62. The minimum atomic E-state index is -4.57. The second-order valence-corrected chi connectivity index (χ2v) is 12.5. The molecule has 1 saturated carbocycles. The molecule has 41 heavy (non-hydrogen) atoms. The van der Waals surface area contributed by atoms with E-state index in [2.05, 4.69) is 30.2 Å². The van der Waals surface area contributed by atoms with Crippen LogP contribution >= 0.6 is 0 Å². The van der Waals surface area contributed by atoms with Gasteiger partial charge in [-0.1, -0.05) is 6.92 Å². The van der Waals surface area contributed by atoms with Gasteiger partial charge in [0.15, 0.2) is 0 Å². The Morgan fingerprint density at radius 1 is 1.00 bits per heavy atom. The first-order chi connectivity index (χ1) is 19.4. The molecule has 2 aromatic carbocycles. The lowest BCUT2D eigenvalue weighted by Gasteiger charge is -2.34. The quantitative estimate of drug-likeness (QED) is 0.300. The summed E-state index contributed by atoms with van der Waals surface area (Å²) >= 11 is 0. The van der Waals surface area contributed by atoms with E-state index in [9.17, 15) is 21.6 Å². The lowest BCUT2D eigenvalue weighted by Crippen LogP contribution is -2.44. The van der Waals surface area contributed by atoms with E-state index < -0.39 is 21.8 Å². The van der Waals surface area contributed by atoms with E-state index >= 15 is 0 Å². The van der Waals surface area contributed by atoms with Crippen molar-refractivity contribution >= 4 is 44.5 Å². The van der Waals surface area contributed by atoms with E-state index in [1.807, 2.05) is 18.9 Å². The first-order valence-electron chi connectivity index (χ1n) is 13.6. The van der Waals surface area contributed by atoms with Crippen molar-refractivity contribution in [2.45, 2.75) is 44.5 Å². The van der Waals surface area contributed by atoms with Gasteiger partial charge in [0.1, 0.15) is 5.82 Å². The summed E-state index contributed by atoms with van der Waals surface area (Å²) in [5.74, 6) is 0.439. The van der Waals surface area contributed by atoms with Crippen LogP contribution in [0.15, 0.2) is 42.6 Å². The van der Waals surface area contributed by atoms with Crippen molar-refractivity contribution in [3.63, 3.8) is 0 Å². The molecule has 3 aromatic rings. The number of hydrogen-bond donors (Lipinski definition) is 3. The number of benzene rings is 2. The van der Waals surface area contributed by atoms with Gasteiger partial charge in [0.25, 0.3) is 0 Å². The normalized spacial score (nSPS) is 16.5. The Morgan fingerprint density at radius 2 is 1.71 bits per heavy atom. The van der Waals surface area contributed by atoms with Crippen molar-refractivity contribution in [1.82, 2.24) is 14.9 Å². The molecule has 0 amide bonds. The van der Waals surface area contributed by atoms with Crippen LogP contribution in [0.3, 0.4) is 0 Å². The Bertz CT molecular complexity index is 1520. The van der Waals surface area contributed by atoms with Gasteiger partial charge in [-0.2, -0.15) is 18.2 Å². The van der Waals surface area contributed by atoms with Gasteiger partial charge in [0, 0.05) is 55.0 Å². The smallest absolute Gasteiger partial charge is 0.369 e. The number of halogens is 3. The Morgan fingerprint density at radius 3 is 2.37 bits per heavy atom. The summed E-state index contributed by atoms with van der Waals surface area (Å²) in [4.78, 5) is 12.8. The second kappa shape index (κ2) is 11.4. The molecule has 5 rings (SSSR count). The zero-order valence-electron chi connectivity index (χ0n) is 23.2. The van der Waals surface area contributed by atoms with Gasteiger partial charge in [0.2, 0.25) is 16.0 Å². The molecule has 0 spiro atoms. The zero-order valence-corrected chi connectivity index (χ0v) is 24.0. The Hall–Kier alpha value is -3.58. The molecular formula is C28H34F3N7O2S. The fraction of sp³-hybridized carbons (Fsp3) is 0.429. The first kappa shape index (κ1) is 28.9. The predicted octanol–water partition coefficient (Wildman–Crippen LogP) is 5.51. The molecule has 3 N–H and O–H groups in total. The van der Waals surface area contributed by atoms with Crippen LogP contribution in [0.5, 0.6) is 0 Å². The van der Waals surface area contributed by atoms with E-state index in [1.54, 1.807) is 31.2 Å². The fourth-order valence-corrected chi connectivity index (χ4v) is 6.09. The van der Waals surface area contributed by atoms with Gasteiger partial charge in [-0.25, -0.2) is 13.4 Å². The van der Waals surface area contributed by atoms with Crippen LogP contribution in [0.1, 0.15) is 36.5 Å². The first-order valence-corrected chi connectivity index (χ1v) is 15.1. The SMILES string of the molecule is CCc1cc(NS(=O)(=O)C2CC2)ccc1Nc1nc(Nc2ccc(N3CCN(C)CC3)cc2C(F)(F)F)ncc1C. The van der Waals surface area contributed by atoms with Crippen LogP contribution < -0.4 is 20.3 Å². The van der Waals surface area contributed by atoms with Crippen molar-refractivity contribution in [2.24, 2.45) is 0 Å². The number of sulfonamides is 1. The number of anilines is 6. The van der Waals surface area contributed by atoms with E-state index in [1.165, 1.54) is 18.3 Å². The molecule has 1 aliphatic heterocycles. The maximum atomic E-state index is 14.1. The molecule has 2 fully saturated rings. The highest BCUT2D eigenvalue weighted by Crippen LogP contribution is 2.39. The number of hydrogen-bond acceptors (Lipinski definition) is 8. The molecule has 2 heterocycles. The van der Waals surface area contributed by atoms with Crippen molar-refractivity contribution in [3.05, 3.63) is 59.3 Å². The number of alkyl halides is 3. The number of rotatable bonds is 9. The summed E-state index contributed by atoms with van der Waals surface area (Å²) in [6, 6.07) is 9.49. The minimum absolute atomic E-state index is 0.0165. The molecule has 0 atom stereocenters. The number of likely N-dealkylation sites (N-methyl/N-ethyl adjacent to an activating group) is 1. The maximum Gasteiger partial charge on any atom is 0.418 e. The highest BCUT2D eigenvalue weighted by Gasteiger charge is 2.36. The summed E-state index contributed by atoms with van der Waals surface area (Å²) in [6.07, 6.45) is -1.08. The largest absolute Gasteiger partial charge is 0.418 e. The Kier molecular flexibility index (Phi) is 8.02. The molecular weight excluding hydrogens is 555 g/mol. The maximum absolute atomic E-state index is 14.1. The van der Waals surface area contributed by atoms with Crippen molar-refractivity contribution in [1.29, 1.82) is 0 Å². The lowest BCUT2D eigenvalue weighted by molar-refractivity contribution is -0.136. The molecule has 1 aliphatic carbocycles. The summed E-state index contributed by atoms with van der Waals surface area (Å²) in [5, 5.41) is 5.67. The third kappa shape index (κ3) is 6.84. The highest BCUT2D eigenvalue weighted by molar-refractivity contribution is 7.93. The average Bonchev–Trinajstić information content (AvgIpc) is 3.78. The Labute approximate surface area is 238 Å². The van der Waals surface area contributed by atoms with Crippen LogP contribution in [0.2, 0.25) is 0 Å². The topological polar surface area (TPSA) is 102 Å². The van der Waals surface area contributed by atoms with E-state index in [0.29, 0.717) is 60.8 Å². The number of aryl methyl sites for hydroxylation is 2. The van der Waals surface area contributed by atoms with Gasteiger partial charge in [-0.3, -0.25) is 4.72 Å².